The lowest BCUT2D eigenvalue weighted by Gasteiger charge is -2.32. The van der Waals surface area contributed by atoms with Gasteiger partial charge in [-0.3, -0.25) is 0 Å². The summed E-state index contributed by atoms with van der Waals surface area (Å²) in [7, 11) is 0. The van der Waals surface area contributed by atoms with E-state index in [-0.39, 0.29) is 18.5 Å². The van der Waals surface area contributed by atoms with Crippen LogP contribution in [0.15, 0.2) is 28.7 Å². The Morgan fingerprint density at radius 2 is 1.80 bits per heavy atom. The number of ether oxygens (including phenoxy) is 2. The summed E-state index contributed by atoms with van der Waals surface area (Å²) in [5, 5.41) is 0. The fraction of sp³-hybridized carbons (Fsp3) is 0.500. The molecule has 15 heavy (non-hydrogen) atoms. The molecule has 1 aromatic rings. The van der Waals surface area contributed by atoms with Crippen LogP contribution in [0, 0.1) is 0 Å². The molecule has 0 spiro atoms. The SMILES string of the molecule is C[C@@H]1O[C@@H](C)C[C@H](c2ccc(Br)cc2)O1. The van der Waals surface area contributed by atoms with E-state index in [4.69, 9.17) is 9.47 Å². The first-order valence-corrected chi connectivity index (χ1v) is 6.01. The van der Waals surface area contributed by atoms with Crippen molar-refractivity contribution in [3.8, 4) is 0 Å². The first-order valence-electron chi connectivity index (χ1n) is 5.21. The molecule has 82 valence electrons. The molecule has 2 nitrogen and oxygen atoms in total. The van der Waals surface area contributed by atoms with Gasteiger partial charge in [0.25, 0.3) is 0 Å². The van der Waals surface area contributed by atoms with Crippen LogP contribution in [0.4, 0.5) is 0 Å². The third-order valence-electron chi connectivity index (χ3n) is 2.57. The summed E-state index contributed by atoms with van der Waals surface area (Å²) in [6, 6.07) is 8.28. The second kappa shape index (κ2) is 4.64. The number of halogens is 1. The Bertz CT molecular complexity index is 313. The summed E-state index contributed by atoms with van der Waals surface area (Å²) in [6.45, 7) is 4.03. The minimum atomic E-state index is -0.109. The number of rotatable bonds is 1. The summed E-state index contributed by atoms with van der Waals surface area (Å²) >= 11 is 3.43. The van der Waals surface area contributed by atoms with Crippen LogP contribution in [-0.4, -0.2) is 12.4 Å². The van der Waals surface area contributed by atoms with Gasteiger partial charge in [0, 0.05) is 10.9 Å². The number of benzene rings is 1. The van der Waals surface area contributed by atoms with Crippen LogP contribution in [0.2, 0.25) is 0 Å². The number of hydrogen-bond acceptors (Lipinski definition) is 2. The van der Waals surface area contributed by atoms with E-state index in [9.17, 15) is 0 Å². The summed E-state index contributed by atoms with van der Waals surface area (Å²) in [5.74, 6) is 0. The van der Waals surface area contributed by atoms with Crippen LogP contribution in [0.25, 0.3) is 0 Å². The van der Waals surface area contributed by atoms with Gasteiger partial charge in [-0.25, -0.2) is 0 Å². The van der Waals surface area contributed by atoms with E-state index in [1.54, 1.807) is 0 Å². The molecule has 1 aliphatic heterocycles. The lowest BCUT2D eigenvalue weighted by molar-refractivity contribution is -0.231. The third kappa shape index (κ3) is 2.80. The van der Waals surface area contributed by atoms with Crippen LogP contribution in [-0.2, 0) is 9.47 Å². The first kappa shape index (κ1) is 11.1. The molecule has 1 aromatic carbocycles. The van der Waals surface area contributed by atoms with Gasteiger partial charge in [-0.1, -0.05) is 28.1 Å². The van der Waals surface area contributed by atoms with Gasteiger partial charge in [-0.05, 0) is 31.5 Å². The maximum Gasteiger partial charge on any atom is 0.155 e. The molecule has 1 heterocycles. The summed E-state index contributed by atoms with van der Waals surface area (Å²) < 4.78 is 12.4. The molecule has 0 radical (unpaired) electrons. The van der Waals surface area contributed by atoms with E-state index < -0.39 is 0 Å². The summed E-state index contributed by atoms with van der Waals surface area (Å²) in [5.41, 5.74) is 1.22. The van der Waals surface area contributed by atoms with Crippen molar-refractivity contribution in [1.82, 2.24) is 0 Å². The molecule has 0 amide bonds. The van der Waals surface area contributed by atoms with Gasteiger partial charge >= 0.3 is 0 Å². The molecular weight excluding hydrogens is 256 g/mol. The predicted molar refractivity (Wildman–Crippen MR) is 62.6 cm³/mol. The summed E-state index contributed by atoms with van der Waals surface area (Å²) in [4.78, 5) is 0. The van der Waals surface area contributed by atoms with Gasteiger partial charge in [0.15, 0.2) is 6.29 Å². The Morgan fingerprint density at radius 1 is 1.13 bits per heavy atom. The van der Waals surface area contributed by atoms with E-state index in [1.807, 2.05) is 19.1 Å². The standard InChI is InChI=1S/C12H15BrO2/c1-8-7-12(15-9(2)14-8)10-3-5-11(13)6-4-10/h3-6,8-9,12H,7H2,1-2H3/t8-,9+,12+/m0/s1. The smallest absolute Gasteiger partial charge is 0.155 e. The van der Waals surface area contributed by atoms with Crippen molar-refractivity contribution >= 4 is 15.9 Å². The van der Waals surface area contributed by atoms with Gasteiger partial charge in [-0.2, -0.15) is 0 Å². The molecule has 0 aliphatic carbocycles. The average molecular weight is 271 g/mol. The molecule has 3 heteroatoms. The molecule has 1 aliphatic rings. The van der Waals surface area contributed by atoms with E-state index >= 15 is 0 Å². The highest BCUT2D eigenvalue weighted by Crippen LogP contribution is 2.31. The van der Waals surface area contributed by atoms with Crippen LogP contribution in [0.1, 0.15) is 31.9 Å². The Labute approximate surface area is 98.7 Å². The van der Waals surface area contributed by atoms with Gasteiger partial charge in [-0.15, -0.1) is 0 Å². The molecule has 0 unspecified atom stereocenters. The monoisotopic (exact) mass is 270 g/mol. The zero-order valence-corrected chi connectivity index (χ0v) is 10.5. The topological polar surface area (TPSA) is 18.5 Å². The maximum absolute atomic E-state index is 5.75. The minimum Gasteiger partial charge on any atom is -0.350 e. The third-order valence-corrected chi connectivity index (χ3v) is 3.10. The van der Waals surface area contributed by atoms with Crippen LogP contribution in [0.5, 0.6) is 0 Å². The highest BCUT2D eigenvalue weighted by molar-refractivity contribution is 9.10. The molecule has 1 fully saturated rings. The van der Waals surface area contributed by atoms with Crippen molar-refractivity contribution in [2.24, 2.45) is 0 Å². The van der Waals surface area contributed by atoms with Gasteiger partial charge in [0.05, 0.1) is 12.2 Å². The number of hydrogen-bond donors (Lipinski definition) is 0. The molecule has 1 saturated heterocycles. The van der Waals surface area contributed by atoms with Crippen molar-refractivity contribution in [1.29, 1.82) is 0 Å². The van der Waals surface area contributed by atoms with Crippen molar-refractivity contribution < 1.29 is 9.47 Å². The normalized spacial score (nSPS) is 31.5. The lowest BCUT2D eigenvalue weighted by atomic mass is 10.0. The average Bonchev–Trinajstić information content (AvgIpc) is 2.17. The quantitative estimate of drug-likeness (QED) is 0.776. The second-order valence-corrected chi connectivity index (χ2v) is 4.84. The highest BCUT2D eigenvalue weighted by Gasteiger charge is 2.25. The fourth-order valence-corrected chi connectivity index (χ4v) is 2.16. The van der Waals surface area contributed by atoms with E-state index in [1.165, 1.54) is 5.56 Å². The maximum atomic E-state index is 5.75. The van der Waals surface area contributed by atoms with E-state index in [0.29, 0.717) is 0 Å². The van der Waals surface area contributed by atoms with Gasteiger partial charge in [0.1, 0.15) is 0 Å². The predicted octanol–water partition coefficient (Wildman–Crippen LogP) is 3.66. The first-order chi connectivity index (χ1) is 7.15. The van der Waals surface area contributed by atoms with Gasteiger partial charge in [0.2, 0.25) is 0 Å². The Morgan fingerprint density at radius 3 is 2.40 bits per heavy atom. The van der Waals surface area contributed by atoms with Crippen molar-refractivity contribution in [3.63, 3.8) is 0 Å². The molecular formula is C12H15BrO2. The zero-order chi connectivity index (χ0) is 10.8. The molecule has 0 aromatic heterocycles. The van der Waals surface area contributed by atoms with Gasteiger partial charge < -0.3 is 9.47 Å². The molecule has 3 atom stereocenters. The zero-order valence-electron chi connectivity index (χ0n) is 8.94. The van der Waals surface area contributed by atoms with E-state index in [2.05, 4.69) is 35.0 Å². The molecule has 0 bridgehead atoms. The molecule has 0 N–H and O–H groups in total. The van der Waals surface area contributed by atoms with Crippen LogP contribution < -0.4 is 0 Å². The van der Waals surface area contributed by atoms with E-state index in [0.717, 1.165) is 10.9 Å². The Hall–Kier alpha value is -0.380. The fourth-order valence-electron chi connectivity index (χ4n) is 1.90. The largest absolute Gasteiger partial charge is 0.350 e. The molecule has 2 rings (SSSR count). The Kier molecular flexibility index (Phi) is 3.44. The van der Waals surface area contributed by atoms with Crippen molar-refractivity contribution in [3.05, 3.63) is 34.3 Å². The highest BCUT2D eigenvalue weighted by atomic mass is 79.9. The lowest BCUT2D eigenvalue weighted by Crippen LogP contribution is -2.30. The second-order valence-electron chi connectivity index (χ2n) is 3.93. The van der Waals surface area contributed by atoms with Crippen LogP contribution in [0.3, 0.4) is 0 Å². The minimum absolute atomic E-state index is 0.109. The molecule has 0 saturated carbocycles. The van der Waals surface area contributed by atoms with Crippen molar-refractivity contribution in [2.45, 2.75) is 38.8 Å². The summed E-state index contributed by atoms with van der Waals surface area (Å²) in [6.07, 6.45) is 1.24. The van der Waals surface area contributed by atoms with Crippen molar-refractivity contribution in [2.75, 3.05) is 0 Å². The Balaban J connectivity index is 2.12. The van der Waals surface area contributed by atoms with Crippen LogP contribution >= 0.6 is 15.9 Å².